The predicted octanol–water partition coefficient (Wildman–Crippen LogP) is 2.75. The van der Waals surface area contributed by atoms with E-state index >= 15 is 0 Å². The monoisotopic (exact) mass is 548 g/mol. The number of benzene rings is 2. The van der Waals surface area contributed by atoms with Crippen LogP contribution in [0.2, 0.25) is 0 Å². The number of nitrogens with one attached hydrogen (secondary N) is 3. The minimum Gasteiger partial charge on any atom is -0.490 e. The van der Waals surface area contributed by atoms with E-state index in [0.29, 0.717) is 74.2 Å². The van der Waals surface area contributed by atoms with Crippen LogP contribution in [0.4, 0.5) is 5.69 Å². The van der Waals surface area contributed by atoms with Gasteiger partial charge in [0.15, 0.2) is 11.5 Å². The average molecular weight is 549 g/mol. The van der Waals surface area contributed by atoms with Crippen molar-refractivity contribution >= 4 is 23.4 Å². The fraction of sp³-hybridized carbons (Fsp3) is 0.433. The molecule has 2 aromatic carbocycles. The normalized spacial score (nSPS) is 22.9. The van der Waals surface area contributed by atoms with E-state index in [1.807, 2.05) is 29.2 Å². The molecule has 1 saturated heterocycles. The number of carbonyl (C=O) groups is 3. The van der Waals surface area contributed by atoms with E-state index in [1.54, 1.807) is 30.3 Å². The third-order valence-corrected chi connectivity index (χ3v) is 7.37. The van der Waals surface area contributed by atoms with Crippen LogP contribution in [0.1, 0.15) is 36.0 Å². The van der Waals surface area contributed by atoms with Crippen LogP contribution in [-0.4, -0.2) is 75.2 Å². The maximum Gasteiger partial charge on any atom is 0.255 e. The first-order valence-electron chi connectivity index (χ1n) is 13.9. The molecular weight excluding hydrogens is 512 g/mol. The Hall–Kier alpha value is -4.05. The number of para-hydroxylation sites is 1. The Morgan fingerprint density at radius 3 is 2.65 bits per heavy atom. The molecule has 0 aliphatic carbocycles. The molecule has 0 bridgehead atoms. The van der Waals surface area contributed by atoms with Gasteiger partial charge in [0.25, 0.3) is 5.91 Å². The average Bonchev–Trinajstić information content (AvgIpc) is 3.20. The number of hydrogen-bond acceptors (Lipinski definition) is 7. The van der Waals surface area contributed by atoms with E-state index in [2.05, 4.69) is 16.0 Å². The highest BCUT2D eigenvalue weighted by molar-refractivity contribution is 5.97. The standard InChI is InChI=1S/C30H36N4O6/c35-27(33-22-9-10-25-26(19-22)40-18-6-17-39-25)20-34-15-5-12-30(21-34)11-3-4-16-38-24-8-2-1-7-23(24)28(36)31-13-14-32-29(30)37/h1-4,7-10,19H,5-6,11-18,20-21H2,(H,31,36)(H,32,37)(H,33,35)/b4-3-. The Morgan fingerprint density at radius 1 is 0.925 bits per heavy atom. The van der Waals surface area contributed by atoms with Crippen LogP contribution < -0.4 is 30.2 Å². The highest BCUT2D eigenvalue weighted by Gasteiger charge is 2.41. The molecule has 3 aliphatic rings. The van der Waals surface area contributed by atoms with Gasteiger partial charge in [0, 0.05) is 37.8 Å². The largest absolute Gasteiger partial charge is 0.490 e. The van der Waals surface area contributed by atoms with E-state index in [-0.39, 0.29) is 30.9 Å². The van der Waals surface area contributed by atoms with Crippen molar-refractivity contribution in [2.24, 2.45) is 5.41 Å². The molecule has 40 heavy (non-hydrogen) atoms. The van der Waals surface area contributed by atoms with Gasteiger partial charge in [-0.05, 0) is 50.1 Å². The highest BCUT2D eigenvalue weighted by atomic mass is 16.5. The van der Waals surface area contributed by atoms with Crippen molar-refractivity contribution in [1.29, 1.82) is 0 Å². The minimum absolute atomic E-state index is 0.0715. The van der Waals surface area contributed by atoms with Gasteiger partial charge in [0.1, 0.15) is 12.4 Å². The second-order valence-electron chi connectivity index (χ2n) is 10.3. The molecule has 1 atom stereocenters. The molecule has 3 amide bonds. The van der Waals surface area contributed by atoms with Gasteiger partial charge in [0.2, 0.25) is 11.8 Å². The van der Waals surface area contributed by atoms with Crippen LogP contribution in [-0.2, 0) is 9.59 Å². The van der Waals surface area contributed by atoms with Gasteiger partial charge in [-0.2, -0.15) is 0 Å². The molecular formula is C30H36N4O6. The molecule has 1 fully saturated rings. The van der Waals surface area contributed by atoms with Crippen LogP contribution in [0, 0.1) is 5.41 Å². The van der Waals surface area contributed by atoms with Gasteiger partial charge in [-0.15, -0.1) is 0 Å². The van der Waals surface area contributed by atoms with Crippen LogP contribution in [0.15, 0.2) is 54.6 Å². The van der Waals surface area contributed by atoms with Crippen LogP contribution in [0.25, 0.3) is 0 Å². The maximum absolute atomic E-state index is 13.5. The molecule has 0 saturated carbocycles. The number of piperidine rings is 1. The molecule has 5 rings (SSSR count). The molecule has 10 heteroatoms. The molecule has 10 nitrogen and oxygen atoms in total. The first kappa shape index (κ1) is 27.5. The van der Waals surface area contributed by atoms with Crippen molar-refractivity contribution in [2.75, 3.05) is 57.9 Å². The molecule has 2 aromatic rings. The van der Waals surface area contributed by atoms with Crippen LogP contribution >= 0.6 is 0 Å². The number of ether oxygens (including phenoxy) is 3. The lowest BCUT2D eigenvalue weighted by Gasteiger charge is -2.41. The van der Waals surface area contributed by atoms with Crippen molar-refractivity contribution in [3.63, 3.8) is 0 Å². The number of anilines is 1. The van der Waals surface area contributed by atoms with Crippen molar-refractivity contribution in [3.8, 4) is 17.2 Å². The van der Waals surface area contributed by atoms with Gasteiger partial charge in [0.05, 0.1) is 30.7 Å². The summed E-state index contributed by atoms with van der Waals surface area (Å²) in [6, 6.07) is 12.5. The molecule has 0 radical (unpaired) electrons. The maximum atomic E-state index is 13.5. The lowest BCUT2D eigenvalue weighted by atomic mass is 9.76. The van der Waals surface area contributed by atoms with Crippen molar-refractivity contribution in [1.82, 2.24) is 15.5 Å². The smallest absolute Gasteiger partial charge is 0.255 e. The van der Waals surface area contributed by atoms with E-state index in [9.17, 15) is 14.4 Å². The summed E-state index contributed by atoms with van der Waals surface area (Å²) in [5.74, 6) is 1.35. The van der Waals surface area contributed by atoms with Gasteiger partial charge in [-0.1, -0.05) is 24.3 Å². The predicted molar refractivity (Wildman–Crippen MR) is 150 cm³/mol. The summed E-state index contributed by atoms with van der Waals surface area (Å²) >= 11 is 0. The lowest BCUT2D eigenvalue weighted by molar-refractivity contribution is -0.135. The van der Waals surface area contributed by atoms with E-state index in [1.165, 1.54) is 0 Å². The number of carbonyl (C=O) groups excluding carboxylic acids is 3. The summed E-state index contributed by atoms with van der Waals surface area (Å²) in [6.07, 6.45) is 6.68. The number of rotatable bonds is 3. The number of likely N-dealkylation sites (tertiary alicyclic amines) is 1. The Labute approximate surface area is 234 Å². The quantitative estimate of drug-likeness (QED) is 0.505. The van der Waals surface area contributed by atoms with Crippen LogP contribution in [0.3, 0.4) is 0 Å². The number of nitrogens with zero attached hydrogens (tertiary/aromatic N) is 1. The van der Waals surface area contributed by atoms with Crippen molar-refractivity contribution in [3.05, 3.63) is 60.2 Å². The number of hydrogen-bond donors (Lipinski definition) is 3. The summed E-state index contributed by atoms with van der Waals surface area (Å²) in [4.78, 5) is 41.1. The third-order valence-electron chi connectivity index (χ3n) is 7.37. The SMILES string of the molecule is O=C(CN1CCCC2(C/C=C\COc3ccccc3C(=O)NCCNC2=O)C1)Nc1ccc2c(c1)OCCCO2. The first-order chi connectivity index (χ1) is 19.5. The Morgan fingerprint density at radius 2 is 1.75 bits per heavy atom. The Bertz CT molecular complexity index is 1260. The second-order valence-corrected chi connectivity index (χ2v) is 10.3. The first-order valence-corrected chi connectivity index (χ1v) is 13.9. The van der Waals surface area contributed by atoms with Gasteiger partial charge >= 0.3 is 0 Å². The van der Waals surface area contributed by atoms with E-state index < -0.39 is 5.41 Å². The Kier molecular flexibility index (Phi) is 8.85. The van der Waals surface area contributed by atoms with E-state index in [4.69, 9.17) is 14.2 Å². The van der Waals surface area contributed by atoms with Gasteiger partial charge in [-0.25, -0.2) is 0 Å². The molecule has 3 aliphatic heterocycles. The van der Waals surface area contributed by atoms with Gasteiger partial charge < -0.3 is 30.2 Å². The van der Waals surface area contributed by atoms with Crippen molar-refractivity contribution in [2.45, 2.75) is 25.7 Å². The molecule has 0 aromatic heterocycles. The lowest BCUT2D eigenvalue weighted by Crippen LogP contribution is -2.53. The second kappa shape index (κ2) is 12.9. The Balaban J connectivity index is 1.23. The van der Waals surface area contributed by atoms with Crippen LogP contribution in [0.5, 0.6) is 17.2 Å². The molecule has 1 unspecified atom stereocenters. The number of amides is 3. The molecule has 3 heterocycles. The zero-order valence-electron chi connectivity index (χ0n) is 22.6. The van der Waals surface area contributed by atoms with Gasteiger partial charge in [-0.3, -0.25) is 19.3 Å². The summed E-state index contributed by atoms with van der Waals surface area (Å²) in [7, 11) is 0. The van der Waals surface area contributed by atoms with Crippen molar-refractivity contribution < 1.29 is 28.6 Å². The number of allylic oxidation sites excluding steroid dienone is 1. The van der Waals surface area contributed by atoms with E-state index in [0.717, 1.165) is 19.4 Å². The summed E-state index contributed by atoms with van der Waals surface area (Å²) in [5, 5.41) is 8.83. The summed E-state index contributed by atoms with van der Waals surface area (Å²) in [5.41, 5.74) is 0.419. The number of fused-ring (bicyclic) bond motifs is 2. The molecule has 3 N–H and O–H groups in total. The fourth-order valence-corrected chi connectivity index (χ4v) is 5.38. The summed E-state index contributed by atoms with van der Waals surface area (Å²) in [6.45, 7) is 3.41. The minimum atomic E-state index is -0.684. The third kappa shape index (κ3) is 6.74. The topological polar surface area (TPSA) is 118 Å². The molecule has 1 spiro atoms. The summed E-state index contributed by atoms with van der Waals surface area (Å²) < 4.78 is 17.3. The highest BCUT2D eigenvalue weighted by Crippen LogP contribution is 2.35. The fourth-order valence-electron chi connectivity index (χ4n) is 5.38. The molecule has 212 valence electrons. The zero-order chi connectivity index (χ0) is 27.8. The zero-order valence-corrected chi connectivity index (χ0v) is 22.6.